The Hall–Kier alpha value is -2.00. The third-order valence-electron chi connectivity index (χ3n) is 5.01. The number of carboxylic acids is 2. The topological polar surface area (TPSA) is 156 Å². The van der Waals surface area contributed by atoms with Gasteiger partial charge < -0.3 is 30.6 Å². The van der Waals surface area contributed by atoms with E-state index in [0.717, 1.165) is 5.56 Å². The highest BCUT2D eigenvalue weighted by molar-refractivity contribution is 5.80. The first-order valence-corrected chi connectivity index (χ1v) is 9.75. The van der Waals surface area contributed by atoms with E-state index in [1.807, 2.05) is 0 Å². The fourth-order valence-corrected chi connectivity index (χ4v) is 3.72. The summed E-state index contributed by atoms with van der Waals surface area (Å²) in [5.74, 6) is -6.35. The number of carboxylic acid groups (broad SMARTS) is 2. The summed E-state index contributed by atoms with van der Waals surface area (Å²) >= 11 is 0. The molecule has 8 nitrogen and oxygen atoms in total. The van der Waals surface area contributed by atoms with Gasteiger partial charge in [0.2, 0.25) is 0 Å². The summed E-state index contributed by atoms with van der Waals surface area (Å²) in [6.45, 7) is 2.92. The smallest absolute Gasteiger partial charge is 0.310 e. The van der Waals surface area contributed by atoms with Crippen molar-refractivity contribution in [3.8, 4) is 0 Å². The molecule has 0 heterocycles. The van der Waals surface area contributed by atoms with Crippen LogP contribution in [0.3, 0.4) is 0 Å². The van der Waals surface area contributed by atoms with Crippen molar-refractivity contribution >= 4 is 11.9 Å². The van der Waals surface area contributed by atoms with Crippen LogP contribution in [0.4, 0.5) is 0 Å². The lowest BCUT2D eigenvalue weighted by atomic mass is 9.76. The summed E-state index contributed by atoms with van der Waals surface area (Å²) in [6, 6.07) is 8.83. The number of benzene rings is 1. The fraction of sp³-hybridized carbons (Fsp3) is 0.619. The minimum absolute atomic E-state index is 0.105. The van der Waals surface area contributed by atoms with Gasteiger partial charge in [-0.3, -0.25) is 9.59 Å². The van der Waals surface area contributed by atoms with E-state index in [0.29, 0.717) is 0 Å². The van der Waals surface area contributed by atoms with Gasteiger partial charge in [0.25, 0.3) is 0 Å². The average molecular weight is 412 g/mol. The summed E-state index contributed by atoms with van der Waals surface area (Å²) in [5, 5.41) is 58.8. The molecule has 0 fully saturated rings. The van der Waals surface area contributed by atoms with Crippen LogP contribution in [0.25, 0.3) is 0 Å². The molecule has 0 amide bonds. The van der Waals surface area contributed by atoms with Crippen molar-refractivity contribution in [2.45, 2.75) is 69.9 Å². The summed E-state index contributed by atoms with van der Waals surface area (Å²) in [4.78, 5) is 23.7. The second-order valence-corrected chi connectivity index (χ2v) is 7.78. The van der Waals surface area contributed by atoms with Crippen molar-refractivity contribution in [2.75, 3.05) is 0 Å². The largest absolute Gasteiger partial charge is 0.481 e. The quantitative estimate of drug-likeness (QED) is 0.282. The average Bonchev–Trinajstić information content (AvgIpc) is 2.59. The van der Waals surface area contributed by atoms with Crippen molar-refractivity contribution in [2.24, 2.45) is 11.8 Å². The Kier molecular flexibility index (Phi) is 10.2. The molecule has 1 rings (SSSR count). The lowest BCUT2D eigenvalue weighted by molar-refractivity contribution is -0.160. The number of aliphatic carboxylic acids is 2. The van der Waals surface area contributed by atoms with Gasteiger partial charge in [0.05, 0.1) is 36.3 Å². The van der Waals surface area contributed by atoms with Crippen LogP contribution in [-0.4, -0.2) is 67.0 Å². The fourth-order valence-electron chi connectivity index (χ4n) is 3.72. The van der Waals surface area contributed by atoms with Crippen LogP contribution in [0.15, 0.2) is 30.3 Å². The molecule has 164 valence electrons. The van der Waals surface area contributed by atoms with E-state index in [4.69, 9.17) is 0 Å². The second kappa shape index (κ2) is 11.9. The molecular weight excluding hydrogens is 380 g/mol. The molecule has 1 aromatic carbocycles. The van der Waals surface area contributed by atoms with Crippen molar-refractivity contribution < 1.29 is 40.2 Å². The maximum Gasteiger partial charge on any atom is 0.310 e. The van der Waals surface area contributed by atoms with E-state index in [1.54, 1.807) is 30.3 Å². The van der Waals surface area contributed by atoms with E-state index in [9.17, 15) is 40.2 Å². The number of hydrogen-bond acceptors (Lipinski definition) is 6. The standard InChI is InChI=1S/C21H32O8/c1-12(22)8-16(24)10-15(14-6-4-3-5-7-14)11-17(20(26)27)19(21(28)29)18(25)9-13(2)23/h3-7,12-13,15-19,22-25H,8-11H2,1-2H3,(H,26,27)(H,28,29). The zero-order valence-electron chi connectivity index (χ0n) is 16.8. The van der Waals surface area contributed by atoms with Crippen LogP contribution < -0.4 is 0 Å². The molecule has 0 aliphatic heterocycles. The first-order valence-electron chi connectivity index (χ1n) is 9.75. The third kappa shape index (κ3) is 8.49. The molecule has 29 heavy (non-hydrogen) atoms. The van der Waals surface area contributed by atoms with Crippen LogP contribution in [0.5, 0.6) is 0 Å². The maximum absolute atomic E-state index is 11.9. The van der Waals surface area contributed by atoms with Crippen molar-refractivity contribution in [3.05, 3.63) is 35.9 Å². The van der Waals surface area contributed by atoms with E-state index < -0.39 is 54.1 Å². The van der Waals surface area contributed by atoms with Gasteiger partial charge in [-0.1, -0.05) is 30.3 Å². The van der Waals surface area contributed by atoms with E-state index in [-0.39, 0.29) is 25.7 Å². The highest BCUT2D eigenvalue weighted by atomic mass is 16.4. The number of carbonyl (C=O) groups is 2. The predicted octanol–water partition coefficient (Wildman–Crippen LogP) is 1.22. The summed E-state index contributed by atoms with van der Waals surface area (Å²) in [5.41, 5.74) is 0.734. The highest BCUT2D eigenvalue weighted by Gasteiger charge is 2.41. The van der Waals surface area contributed by atoms with Crippen LogP contribution >= 0.6 is 0 Å². The first-order chi connectivity index (χ1) is 13.5. The normalized spacial score (nSPS) is 18.8. The molecule has 0 saturated heterocycles. The Labute approximate surface area is 170 Å². The second-order valence-electron chi connectivity index (χ2n) is 7.78. The molecule has 6 N–H and O–H groups in total. The number of aliphatic hydroxyl groups is 4. The van der Waals surface area contributed by atoms with Gasteiger partial charge in [0, 0.05) is 0 Å². The molecule has 0 aromatic heterocycles. The Morgan fingerprint density at radius 2 is 1.34 bits per heavy atom. The lowest BCUT2D eigenvalue weighted by Gasteiger charge is -2.30. The van der Waals surface area contributed by atoms with Crippen LogP contribution in [0, 0.1) is 11.8 Å². The molecule has 0 saturated carbocycles. The van der Waals surface area contributed by atoms with Crippen LogP contribution in [0.2, 0.25) is 0 Å². The molecular formula is C21H32O8. The van der Waals surface area contributed by atoms with E-state index in [2.05, 4.69) is 0 Å². The molecule has 0 aliphatic rings. The van der Waals surface area contributed by atoms with Crippen LogP contribution in [0.1, 0.15) is 51.0 Å². The Morgan fingerprint density at radius 3 is 1.79 bits per heavy atom. The maximum atomic E-state index is 11.9. The highest BCUT2D eigenvalue weighted by Crippen LogP contribution is 2.34. The molecule has 0 bridgehead atoms. The SMILES string of the molecule is CC(O)CC(O)CC(CC(C(=O)O)C(C(=O)O)C(O)CC(C)O)c1ccccc1. The molecule has 8 heteroatoms. The van der Waals surface area contributed by atoms with E-state index in [1.165, 1.54) is 13.8 Å². The number of aliphatic hydroxyl groups excluding tert-OH is 4. The summed E-state index contributed by atoms with van der Waals surface area (Å²) < 4.78 is 0. The van der Waals surface area contributed by atoms with Gasteiger partial charge >= 0.3 is 11.9 Å². The number of hydrogen-bond donors (Lipinski definition) is 6. The van der Waals surface area contributed by atoms with Gasteiger partial charge in [0.1, 0.15) is 0 Å². The predicted molar refractivity (Wildman–Crippen MR) is 105 cm³/mol. The molecule has 0 spiro atoms. The monoisotopic (exact) mass is 412 g/mol. The van der Waals surface area contributed by atoms with Gasteiger partial charge in [0.15, 0.2) is 0 Å². The van der Waals surface area contributed by atoms with Gasteiger partial charge in [-0.25, -0.2) is 0 Å². The summed E-state index contributed by atoms with van der Waals surface area (Å²) in [6.07, 6.45) is -4.31. The molecule has 1 aromatic rings. The Bertz CT molecular complexity index is 631. The van der Waals surface area contributed by atoms with Crippen LogP contribution in [-0.2, 0) is 9.59 Å². The third-order valence-corrected chi connectivity index (χ3v) is 5.01. The molecule has 7 atom stereocenters. The Morgan fingerprint density at radius 1 is 0.793 bits per heavy atom. The minimum atomic E-state index is -1.61. The molecule has 0 aliphatic carbocycles. The van der Waals surface area contributed by atoms with Crippen molar-refractivity contribution in [3.63, 3.8) is 0 Å². The number of rotatable bonds is 13. The van der Waals surface area contributed by atoms with Crippen molar-refractivity contribution in [1.82, 2.24) is 0 Å². The zero-order chi connectivity index (χ0) is 22.1. The van der Waals surface area contributed by atoms with Gasteiger partial charge in [-0.15, -0.1) is 0 Å². The van der Waals surface area contributed by atoms with Gasteiger partial charge in [-0.2, -0.15) is 0 Å². The molecule has 7 unspecified atom stereocenters. The zero-order valence-corrected chi connectivity index (χ0v) is 16.8. The first kappa shape index (κ1) is 25.0. The lowest BCUT2D eigenvalue weighted by Crippen LogP contribution is -2.40. The summed E-state index contributed by atoms with van der Waals surface area (Å²) in [7, 11) is 0. The minimum Gasteiger partial charge on any atom is -0.481 e. The van der Waals surface area contributed by atoms with E-state index >= 15 is 0 Å². The van der Waals surface area contributed by atoms with Crippen molar-refractivity contribution in [1.29, 1.82) is 0 Å². The van der Waals surface area contributed by atoms with Gasteiger partial charge in [-0.05, 0) is 51.0 Å². The Balaban J connectivity index is 3.17. The molecule has 0 radical (unpaired) electrons.